The van der Waals surface area contributed by atoms with Crippen LogP contribution in [0.3, 0.4) is 0 Å². The van der Waals surface area contributed by atoms with Crippen LogP contribution >= 0.6 is 0 Å². The van der Waals surface area contributed by atoms with E-state index in [9.17, 15) is 0 Å². The van der Waals surface area contributed by atoms with Gasteiger partial charge < -0.3 is 0 Å². The Labute approximate surface area is 73.2 Å². The first-order valence-electron chi connectivity index (χ1n) is 4.37. The Kier molecular flexibility index (Phi) is 1.85. The van der Waals surface area contributed by atoms with Crippen molar-refractivity contribution in [1.82, 2.24) is 0 Å². The zero-order chi connectivity index (χ0) is 8.39. The molecule has 0 heterocycles. The van der Waals surface area contributed by atoms with Gasteiger partial charge in [-0.3, -0.25) is 0 Å². The van der Waals surface area contributed by atoms with Gasteiger partial charge >= 0.3 is 0 Å². The van der Waals surface area contributed by atoms with Crippen LogP contribution in [-0.2, 0) is 0 Å². The molecule has 0 spiro atoms. The Morgan fingerprint density at radius 2 is 1.83 bits per heavy atom. The van der Waals surface area contributed by atoms with Gasteiger partial charge in [-0.2, -0.15) is 0 Å². The molecule has 1 saturated carbocycles. The van der Waals surface area contributed by atoms with Crippen LogP contribution in [0.4, 0.5) is 0 Å². The lowest BCUT2D eigenvalue weighted by Crippen LogP contribution is -1.74. The zero-order valence-electron chi connectivity index (χ0n) is 7.30. The van der Waals surface area contributed by atoms with Crippen LogP contribution in [0.15, 0.2) is 41.6 Å². The maximum Gasteiger partial charge on any atom is -0.00195 e. The van der Waals surface area contributed by atoms with Crippen LogP contribution in [0.2, 0.25) is 0 Å². The Balaban J connectivity index is 2.37. The molecule has 1 aromatic carbocycles. The Bertz CT molecular complexity index is 332. The van der Waals surface area contributed by atoms with Gasteiger partial charge in [-0.15, -0.1) is 5.73 Å². The van der Waals surface area contributed by atoms with E-state index in [0.717, 1.165) is 0 Å². The minimum Gasteiger partial charge on any atom is -0.118 e. The molecule has 0 nitrogen and oxygen atoms in total. The van der Waals surface area contributed by atoms with Crippen LogP contribution in [0.25, 0.3) is 5.57 Å². The first kappa shape index (κ1) is 7.39. The van der Waals surface area contributed by atoms with Gasteiger partial charge in [0.2, 0.25) is 0 Å². The van der Waals surface area contributed by atoms with E-state index in [2.05, 4.69) is 36.9 Å². The van der Waals surface area contributed by atoms with Crippen molar-refractivity contribution in [2.75, 3.05) is 0 Å². The molecular formula is C12H12. The Morgan fingerprint density at radius 3 is 2.42 bits per heavy atom. The van der Waals surface area contributed by atoms with E-state index < -0.39 is 0 Å². The molecule has 60 valence electrons. The van der Waals surface area contributed by atoms with Crippen molar-refractivity contribution < 1.29 is 0 Å². The second-order valence-corrected chi connectivity index (χ2v) is 3.22. The Hall–Kier alpha value is -1.26. The highest BCUT2D eigenvalue weighted by molar-refractivity contribution is 5.63. The normalized spacial score (nSPS) is 13.9. The molecule has 0 atom stereocenters. The molecule has 0 radical (unpaired) electrons. The van der Waals surface area contributed by atoms with E-state index in [1.807, 2.05) is 6.07 Å². The van der Waals surface area contributed by atoms with E-state index in [4.69, 9.17) is 0 Å². The topological polar surface area (TPSA) is 0 Å². The van der Waals surface area contributed by atoms with Crippen molar-refractivity contribution in [3.8, 4) is 0 Å². The molecule has 0 N–H and O–H groups in total. The fourth-order valence-corrected chi connectivity index (χ4v) is 1.21. The number of hydrogen-bond donors (Lipinski definition) is 0. The molecule has 1 aromatic rings. The molecule has 2 rings (SSSR count). The van der Waals surface area contributed by atoms with E-state index in [0.29, 0.717) is 0 Å². The lowest BCUT2D eigenvalue weighted by Gasteiger charge is -1.95. The van der Waals surface area contributed by atoms with E-state index in [1.54, 1.807) is 0 Å². The summed E-state index contributed by atoms with van der Waals surface area (Å²) in [4.78, 5) is 0. The van der Waals surface area contributed by atoms with Crippen LogP contribution in [0, 0.1) is 0 Å². The summed E-state index contributed by atoms with van der Waals surface area (Å²) in [5, 5.41) is 0. The molecular weight excluding hydrogens is 144 g/mol. The van der Waals surface area contributed by atoms with Gasteiger partial charge in [-0.1, -0.05) is 30.3 Å². The maximum atomic E-state index is 3.40. The predicted molar refractivity (Wildman–Crippen MR) is 51.8 cm³/mol. The number of rotatable bonds is 1. The quantitative estimate of drug-likeness (QED) is 0.546. The molecule has 0 saturated heterocycles. The third kappa shape index (κ3) is 1.66. The van der Waals surface area contributed by atoms with Crippen LogP contribution in [0.1, 0.15) is 25.3 Å². The van der Waals surface area contributed by atoms with E-state index >= 15 is 0 Å². The highest BCUT2D eigenvalue weighted by Gasteiger charge is 2.09. The highest BCUT2D eigenvalue weighted by atomic mass is 14.1. The zero-order valence-corrected chi connectivity index (χ0v) is 7.30. The van der Waals surface area contributed by atoms with Crippen LogP contribution < -0.4 is 0 Å². The second kappa shape index (κ2) is 3.00. The van der Waals surface area contributed by atoms with Crippen molar-refractivity contribution in [2.24, 2.45) is 0 Å². The summed E-state index contributed by atoms with van der Waals surface area (Å²) < 4.78 is 0. The number of benzene rings is 1. The van der Waals surface area contributed by atoms with Crippen molar-refractivity contribution in [2.45, 2.75) is 19.8 Å². The molecule has 0 aliphatic heterocycles. The van der Waals surface area contributed by atoms with Gasteiger partial charge in [0.1, 0.15) is 0 Å². The van der Waals surface area contributed by atoms with Gasteiger partial charge in [-0.25, -0.2) is 0 Å². The monoisotopic (exact) mass is 156 g/mol. The first-order chi connectivity index (χ1) is 5.86. The molecule has 0 aromatic heterocycles. The minimum absolute atomic E-state index is 1.25. The molecule has 0 heteroatoms. The van der Waals surface area contributed by atoms with Crippen LogP contribution in [0.5, 0.6) is 0 Å². The van der Waals surface area contributed by atoms with Gasteiger partial charge in [-0.05, 0) is 36.5 Å². The third-order valence-electron chi connectivity index (χ3n) is 2.07. The Morgan fingerprint density at radius 1 is 1.17 bits per heavy atom. The molecule has 0 bridgehead atoms. The van der Waals surface area contributed by atoms with Gasteiger partial charge in [0.05, 0.1) is 0 Å². The SMILES string of the molecule is CC(=C=C1CC1)c1ccccc1. The molecule has 0 amide bonds. The first-order valence-corrected chi connectivity index (χ1v) is 4.37. The largest absolute Gasteiger partial charge is 0.118 e. The van der Waals surface area contributed by atoms with Crippen molar-refractivity contribution >= 4 is 5.57 Å². The summed E-state index contributed by atoms with van der Waals surface area (Å²) in [5.74, 6) is 0. The average Bonchev–Trinajstić information content (AvgIpc) is 2.90. The fourth-order valence-electron chi connectivity index (χ4n) is 1.21. The summed E-state index contributed by atoms with van der Waals surface area (Å²) in [5.41, 5.74) is 7.43. The molecule has 1 fully saturated rings. The number of hydrogen-bond acceptors (Lipinski definition) is 0. The van der Waals surface area contributed by atoms with E-state index in [1.165, 1.54) is 29.6 Å². The molecule has 1 aliphatic carbocycles. The second-order valence-electron chi connectivity index (χ2n) is 3.22. The van der Waals surface area contributed by atoms with Gasteiger partial charge in [0.15, 0.2) is 0 Å². The lowest BCUT2D eigenvalue weighted by atomic mass is 10.1. The van der Waals surface area contributed by atoms with Gasteiger partial charge in [0, 0.05) is 0 Å². The minimum atomic E-state index is 1.25. The lowest BCUT2D eigenvalue weighted by molar-refractivity contribution is 1.50. The maximum absolute atomic E-state index is 3.40. The fraction of sp³-hybridized carbons (Fsp3) is 0.250. The number of allylic oxidation sites excluding steroid dienone is 1. The third-order valence-corrected chi connectivity index (χ3v) is 2.07. The van der Waals surface area contributed by atoms with E-state index in [-0.39, 0.29) is 0 Å². The summed E-state index contributed by atoms with van der Waals surface area (Å²) in [6, 6.07) is 10.4. The van der Waals surface area contributed by atoms with Crippen molar-refractivity contribution in [3.63, 3.8) is 0 Å². The van der Waals surface area contributed by atoms with Crippen molar-refractivity contribution in [3.05, 3.63) is 47.2 Å². The summed E-state index contributed by atoms with van der Waals surface area (Å²) in [6.45, 7) is 2.13. The predicted octanol–water partition coefficient (Wildman–Crippen LogP) is 3.41. The molecule has 12 heavy (non-hydrogen) atoms. The van der Waals surface area contributed by atoms with Gasteiger partial charge in [0.25, 0.3) is 0 Å². The van der Waals surface area contributed by atoms with Crippen LogP contribution in [-0.4, -0.2) is 0 Å². The molecule has 1 aliphatic rings. The summed E-state index contributed by atoms with van der Waals surface area (Å²) in [6.07, 6.45) is 2.51. The molecule has 0 unspecified atom stereocenters. The smallest absolute Gasteiger partial charge is 0.00195 e. The highest BCUT2D eigenvalue weighted by Crippen LogP contribution is 2.27. The summed E-state index contributed by atoms with van der Waals surface area (Å²) >= 11 is 0. The standard InChI is InChI=1S/C12H12/c1-10(9-11-7-8-11)12-5-3-2-4-6-12/h2-6H,7-8H2,1H3. The van der Waals surface area contributed by atoms with Crippen molar-refractivity contribution in [1.29, 1.82) is 0 Å². The summed E-state index contributed by atoms with van der Waals surface area (Å²) in [7, 11) is 0. The average molecular weight is 156 g/mol.